The van der Waals surface area contributed by atoms with Crippen LogP contribution in [0.1, 0.15) is 6.92 Å². The van der Waals surface area contributed by atoms with Crippen molar-refractivity contribution in [1.29, 1.82) is 0 Å². The van der Waals surface area contributed by atoms with Gasteiger partial charge in [0.15, 0.2) is 0 Å². The molecule has 1 aromatic carbocycles. The van der Waals surface area contributed by atoms with Crippen LogP contribution in [0.2, 0.25) is 0 Å². The van der Waals surface area contributed by atoms with Gasteiger partial charge in [0.25, 0.3) is 0 Å². The maximum absolute atomic E-state index is 9.56. The molecule has 0 heterocycles. The summed E-state index contributed by atoms with van der Waals surface area (Å²) in [6.07, 6.45) is 5.59. The zero-order valence-corrected chi connectivity index (χ0v) is 9.37. The summed E-state index contributed by atoms with van der Waals surface area (Å²) < 4.78 is 0. The van der Waals surface area contributed by atoms with Crippen LogP contribution in [0.25, 0.3) is 0 Å². The van der Waals surface area contributed by atoms with Gasteiger partial charge in [-0.25, -0.2) is 0 Å². The molecule has 2 rings (SSSR count). The highest BCUT2D eigenvalue weighted by Gasteiger charge is 2.33. The molecule has 0 spiro atoms. The minimum atomic E-state index is -0.397. The molecule has 1 atom stereocenters. The van der Waals surface area contributed by atoms with E-state index in [4.69, 9.17) is 0 Å². The van der Waals surface area contributed by atoms with Crippen molar-refractivity contribution in [3.63, 3.8) is 0 Å². The minimum absolute atomic E-state index is 0.397. The standard InChI is InChI=1S/C13H13OS/c1-10(14)12-8-5-9-13(12)15-11-6-3-2-4-7-11/h2-10,14H,1H3/t10-/m0/s1. The van der Waals surface area contributed by atoms with Gasteiger partial charge in [-0.3, -0.25) is 0 Å². The molecular formula is C13H13OS. The lowest BCUT2D eigenvalue weighted by molar-refractivity contribution is 0.216. The van der Waals surface area contributed by atoms with E-state index in [9.17, 15) is 5.11 Å². The molecule has 0 aliphatic heterocycles. The van der Waals surface area contributed by atoms with Crippen LogP contribution in [0, 0.1) is 30.4 Å². The molecule has 77 valence electrons. The highest BCUT2D eigenvalue weighted by atomic mass is 32.2. The van der Waals surface area contributed by atoms with E-state index in [1.807, 2.05) is 37.5 Å². The van der Waals surface area contributed by atoms with Crippen molar-refractivity contribution in [1.82, 2.24) is 0 Å². The molecular weight excluding hydrogens is 204 g/mol. The number of benzene rings is 1. The number of hydrogen-bond donors (Lipinski definition) is 1. The molecule has 1 saturated carbocycles. The average molecular weight is 217 g/mol. The Balaban J connectivity index is 2.00. The average Bonchev–Trinajstić information content (AvgIpc) is 2.67. The summed E-state index contributed by atoms with van der Waals surface area (Å²) in [6.45, 7) is 1.80. The van der Waals surface area contributed by atoms with E-state index in [2.05, 4.69) is 12.1 Å². The minimum Gasteiger partial charge on any atom is -0.393 e. The van der Waals surface area contributed by atoms with Crippen LogP contribution in [0.15, 0.2) is 35.2 Å². The zero-order valence-electron chi connectivity index (χ0n) is 8.55. The molecule has 15 heavy (non-hydrogen) atoms. The van der Waals surface area contributed by atoms with Gasteiger partial charge in [0.2, 0.25) is 0 Å². The second-order valence-corrected chi connectivity index (χ2v) is 4.55. The predicted octanol–water partition coefficient (Wildman–Crippen LogP) is 2.89. The summed E-state index contributed by atoms with van der Waals surface area (Å²) in [5.41, 5.74) is 0. The lowest BCUT2D eigenvalue weighted by Gasteiger charge is -2.19. The number of aliphatic hydroxyl groups excluding tert-OH is 1. The molecule has 0 saturated heterocycles. The van der Waals surface area contributed by atoms with Gasteiger partial charge in [-0.2, -0.15) is 0 Å². The second-order valence-electron chi connectivity index (χ2n) is 3.44. The quantitative estimate of drug-likeness (QED) is 0.840. The van der Waals surface area contributed by atoms with Crippen molar-refractivity contribution in [2.24, 2.45) is 0 Å². The third-order valence-electron chi connectivity index (χ3n) is 2.23. The van der Waals surface area contributed by atoms with Gasteiger partial charge in [-0.15, -0.1) is 11.8 Å². The SMILES string of the molecule is C[C@H](O)[C]1[CH][CH][CH][C]1Sc1ccccc1. The summed E-state index contributed by atoms with van der Waals surface area (Å²) in [4.78, 5) is 1.20. The lowest BCUT2D eigenvalue weighted by atomic mass is 10.0. The molecule has 1 fully saturated rings. The summed E-state index contributed by atoms with van der Waals surface area (Å²) in [6, 6.07) is 10.2. The summed E-state index contributed by atoms with van der Waals surface area (Å²) in [5, 5.41) is 10.7. The third kappa shape index (κ3) is 2.76. The molecule has 1 aliphatic carbocycles. The molecule has 5 radical (unpaired) electrons. The molecule has 0 amide bonds. The van der Waals surface area contributed by atoms with Crippen LogP contribution >= 0.6 is 11.8 Å². The van der Waals surface area contributed by atoms with Gasteiger partial charge in [0.05, 0.1) is 6.10 Å². The maximum atomic E-state index is 9.56. The largest absolute Gasteiger partial charge is 0.393 e. The third-order valence-corrected chi connectivity index (χ3v) is 3.33. The molecule has 2 heteroatoms. The van der Waals surface area contributed by atoms with Gasteiger partial charge >= 0.3 is 0 Å². The van der Waals surface area contributed by atoms with Crippen molar-refractivity contribution in [3.8, 4) is 0 Å². The van der Waals surface area contributed by atoms with Gasteiger partial charge in [0, 0.05) is 16.1 Å². The van der Waals surface area contributed by atoms with E-state index in [-0.39, 0.29) is 0 Å². The Bertz CT molecular complexity index is 297. The Labute approximate surface area is 95.9 Å². The zero-order chi connectivity index (χ0) is 10.7. The topological polar surface area (TPSA) is 20.2 Å². The maximum Gasteiger partial charge on any atom is 0.0592 e. The van der Waals surface area contributed by atoms with E-state index < -0.39 is 6.10 Å². The van der Waals surface area contributed by atoms with E-state index in [1.165, 1.54) is 4.90 Å². The Morgan fingerprint density at radius 1 is 1.13 bits per heavy atom. The number of aliphatic hydroxyl groups is 1. The molecule has 1 nitrogen and oxygen atoms in total. The fraction of sp³-hybridized carbons (Fsp3) is 0.154. The van der Waals surface area contributed by atoms with Crippen molar-refractivity contribution < 1.29 is 5.11 Å². The Hall–Kier alpha value is -0.470. The normalized spacial score (nSPS) is 20.7. The van der Waals surface area contributed by atoms with Crippen LogP contribution in [-0.2, 0) is 0 Å². The molecule has 1 aromatic rings. The first-order valence-electron chi connectivity index (χ1n) is 4.94. The molecule has 1 N–H and O–H groups in total. The summed E-state index contributed by atoms with van der Waals surface area (Å²) in [5.74, 6) is 1.00. The lowest BCUT2D eigenvalue weighted by Crippen LogP contribution is -2.15. The van der Waals surface area contributed by atoms with Crippen molar-refractivity contribution in [2.45, 2.75) is 17.9 Å². The smallest absolute Gasteiger partial charge is 0.0592 e. The van der Waals surface area contributed by atoms with Crippen molar-refractivity contribution >= 4 is 11.8 Å². The van der Waals surface area contributed by atoms with Crippen LogP contribution < -0.4 is 0 Å². The van der Waals surface area contributed by atoms with Crippen LogP contribution in [0.5, 0.6) is 0 Å². The summed E-state index contributed by atoms with van der Waals surface area (Å²) >= 11 is 1.69. The van der Waals surface area contributed by atoms with Crippen LogP contribution in [-0.4, -0.2) is 11.2 Å². The number of thioether (sulfide) groups is 1. The first kappa shape index (κ1) is 11.0. The van der Waals surface area contributed by atoms with E-state index in [0.717, 1.165) is 11.2 Å². The molecule has 0 unspecified atom stereocenters. The second kappa shape index (κ2) is 5.04. The Morgan fingerprint density at radius 2 is 1.87 bits per heavy atom. The van der Waals surface area contributed by atoms with Crippen LogP contribution in [0.4, 0.5) is 0 Å². The van der Waals surface area contributed by atoms with Crippen molar-refractivity contribution in [3.05, 3.63) is 60.8 Å². The number of hydrogen-bond acceptors (Lipinski definition) is 2. The van der Waals surface area contributed by atoms with E-state index in [1.54, 1.807) is 18.7 Å². The van der Waals surface area contributed by atoms with Gasteiger partial charge in [-0.1, -0.05) is 18.2 Å². The first-order chi connectivity index (χ1) is 7.27. The van der Waals surface area contributed by atoms with E-state index in [0.29, 0.717) is 0 Å². The number of rotatable bonds is 3. The van der Waals surface area contributed by atoms with E-state index >= 15 is 0 Å². The van der Waals surface area contributed by atoms with Crippen molar-refractivity contribution in [2.75, 3.05) is 0 Å². The molecule has 0 bridgehead atoms. The monoisotopic (exact) mass is 217 g/mol. The summed E-state index contributed by atoms with van der Waals surface area (Å²) in [7, 11) is 0. The Kier molecular flexibility index (Phi) is 3.71. The fourth-order valence-corrected chi connectivity index (χ4v) is 2.52. The fourth-order valence-electron chi connectivity index (χ4n) is 1.47. The predicted molar refractivity (Wildman–Crippen MR) is 63.4 cm³/mol. The first-order valence-corrected chi connectivity index (χ1v) is 5.75. The molecule has 1 aliphatic rings. The molecule has 0 aromatic heterocycles. The van der Waals surface area contributed by atoms with Gasteiger partial charge in [0.1, 0.15) is 0 Å². The van der Waals surface area contributed by atoms with Gasteiger partial charge < -0.3 is 5.11 Å². The highest BCUT2D eigenvalue weighted by Crippen LogP contribution is 2.46. The van der Waals surface area contributed by atoms with Crippen LogP contribution in [0.3, 0.4) is 0 Å². The van der Waals surface area contributed by atoms with Gasteiger partial charge in [-0.05, 0) is 38.3 Å². The Morgan fingerprint density at radius 3 is 2.53 bits per heavy atom. The highest BCUT2D eigenvalue weighted by molar-refractivity contribution is 8.02.